The van der Waals surface area contributed by atoms with Gasteiger partial charge in [-0.15, -0.1) is 0 Å². The van der Waals surface area contributed by atoms with E-state index in [1.165, 1.54) is 4.58 Å². The summed E-state index contributed by atoms with van der Waals surface area (Å²) in [7, 11) is 0. The van der Waals surface area contributed by atoms with Gasteiger partial charge >= 0.3 is 5.96 Å². The summed E-state index contributed by atoms with van der Waals surface area (Å²) in [6.07, 6.45) is 1.84. The molecule has 2 saturated heterocycles. The number of amides is 3. The van der Waals surface area contributed by atoms with Crippen molar-refractivity contribution in [2.24, 2.45) is 21.9 Å². The molecule has 1 aromatic carbocycles. The monoisotopic (exact) mass is 525 g/mol. The van der Waals surface area contributed by atoms with Gasteiger partial charge in [0.2, 0.25) is 23.3 Å². The number of imide groups is 1. The summed E-state index contributed by atoms with van der Waals surface area (Å²) in [5.41, 5.74) is 13.3. The highest BCUT2D eigenvalue weighted by Gasteiger charge is 2.75. The molecule has 202 valence electrons. The predicted octanol–water partition coefficient (Wildman–Crippen LogP) is -2.96. The second kappa shape index (κ2) is 7.90. The van der Waals surface area contributed by atoms with Crippen LogP contribution in [0.15, 0.2) is 23.2 Å². The molecular weight excluding hydrogens is 492 g/mol. The van der Waals surface area contributed by atoms with Crippen LogP contribution in [0.3, 0.4) is 0 Å². The molecule has 9 N–H and O–H groups in total. The molecule has 13 nitrogen and oxygen atoms in total. The van der Waals surface area contributed by atoms with E-state index in [1.54, 1.807) is 6.07 Å². The Morgan fingerprint density at radius 3 is 2.63 bits per heavy atom. The molecule has 4 heterocycles. The first-order valence-electron chi connectivity index (χ1n) is 12.8. The van der Waals surface area contributed by atoms with E-state index in [-0.39, 0.29) is 55.1 Å². The number of nitrogens with two attached hydrogens (primary N) is 2. The highest BCUT2D eigenvalue weighted by molar-refractivity contribution is 6.02. The maximum Gasteiger partial charge on any atom is 0.346 e. The molecule has 6 rings (SSSR count). The van der Waals surface area contributed by atoms with Crippen molar-refractivity contribution in [1.29, 1.82) is 0 Å². The third-order valence-corrected chi connectivity index (χ3v) is 8.55. The number of nitrogens with one attached hydrogen (secondary N) is 3. The number of aliphatic imine (C=N–C) groups is 1. The highest BCUT2D eigenvalue weighted by Crippen LogP contribution is 2.42. The molecule has 0 bridgehead atoms. The lowest BCUT2D eigenvalue weighted by molar-refractivity contribution is -0.623. The van der Waals surface area contributed by atoms with E-state index in [9.17, 15) is 24.6 Å². The second-order valence-corrected chi connectivity index (χ2v) is 11.7. The normalized spacial score (nSPS) is 32.4. The van der Waals surface area contributed by atoms with Crippen LogP contribution in [-0.4, -0.2) is 92.0 Å². The van der Waals surface area contributed by atoms with Crippen molar-refractivity contribution in [1.82, 2.24) is 20.9 Å². The number of hydrogen-bond donors (Lipinski definition) is 7. The van der Waals surface area contributed by atoms with Crippen LogP contribution in [-0.2, 0) is 22.4 Å². The molecule has 1 aliphatic carbocycles. The van der Waals surface area contributed by atoms with Gasteiger partial charge in [-0.3, -0.25) is 30.3 Å². The van der Waals surface area contributed by atoms with Gasteiger partial charge < -0.3 is 26.6 Å². The number of nitrogens with zero attached hydrogens (tertiary/aromatic N) is 3. The molecule has 4 atom stereocenters. The molecule has 0 aromatic heterocycles. The Balaban J connectivity index is 1.31. The standard InChI is InChI=1S/C25H32N8O5/c1-23(2)8-12-4-3-5-13(14(12)9-23)20(36)29-16-11-33-22(27)28-15(10-32-17(34)6-7-18(32)35)19-24(33,25(16,37)38)31-21(26)30-19/h3-5,15-16,19,37-38H,6-11H2,1-2H3,(H6,26,27,28,29,30,31,36)/p+1/t15?,16-,19?,24?/m0/s1. The minimum atomic E-state index is -2.58. The van der Waals surface area contributed by atoms with Crippen LogP contribution in [0.1, 0.15) is 48.2 Å². The number of carbonyl (C=O) groups is 3. The molecule has 2 fully saturated rings. The summed E-state index contributed by atoms with van der Waals surface area (Å²) in [6, 6.07) is 2.72. The van der Waals surface area contributed by atoms with Gasteiger partial charge in [0.15, 0.2) is 5.96 Å². The zero-order valence-corrected chi connectivity index (χ0v) is 21.3. The highest BCUT2D eigenvalue weighted by atomic mass is 16.5. The lowest BCUT2D eigenvalue weighted by Gasteiger charge is -2.44. The number of carbonyl (C=O) groups excluding carboxylic acids is 3. The fourth-order valence-electron chi connectivity index (χ4n) is 6.85. The molecule has 5 aliphatic rings. The van der Waals surface area contributed by atoms with Gasteiger partial charge in [-0.2, -0.15) is 0 Å². The van der Waals surface area contributed by atoms with E-state index in [4.69, 9.17) is 11.5 Å². The average Bonchev–Trinajstić information content (AvgIpc) is 3.52. The van der Waals surface area contributed by atoms with Crippen molar-refractivity contribution < 1.29 is 29.2 Å². The van der Waals surface area contributed by atoms with E-state index in [0.29, 0.717) is 5.56 Å². The van der Waals surface area contributed by atoms with Crippen LogP contribution >= 0.6 is 0 Å². The lowest BCUT2D eigenvalue weighted by atomic mass is 9.85. The van der Waals surface area contributed by atoms with E-state index >= 15 is 0 Å². The third-order valence-electron chi connectivity index (χ3n) is 8.55. The number of aliphatic hydroxyl groups is 2. The molecule has 3 unspecified atom stereocenters. The maximum atomic E-state index is 13.5. The van der Waals surface area contributed by atoms with Crippen LogP contribution in [0.2, 0.25) is 0 Å². The SMILES string of the molecule is CC1(C)Cc2cccc(C(=O)N[C@H]3C[N+]4=C(N)NC(CN5C(=O)CCC5=O)C5N=C(N)NC54C3(O)O)c2C1. The van der Waals surface area contributed by atoms with Gasteiger partial charge in [0.1, 0.15) is 18.1 Å². The van der Waals surface area contributed by atoms with Gasteiger partial charge in [-0.25, -0.2) is 9.57 Å². The molecule has 38 heavy (non-hydrogen) atoms. The first-order chi connectivity index (χ1) is 17.8. The third kappa shape index (κ3) is 3.34. The molecule has 4 aliphatic heterocycles. The van der Waals surface area contributed by atoms with Crippen molar-refractivity contribution in [3.8, 4) is 0 Å². The van der Waals surface area contributed by atoms with Gasteiger partial charge in [0.25, 0.3) is 5.91 Å². The van der Waals surface area contributed by atoms with Gasteiger partial charge in [-0.05, 0) is 35.4 Å². The Labute approximate surface area is 218 Å². The van der Waals surface area contributed by atoms with Crippen LogP contribution in [0.4, 0.5) is 0 Å². The summed E-state index contributed by atoms with van der Waals surface area (Å²) < 4.78 is 1.49. The van der Waals surface area contributed by atoms with Crippen molar-refractivity contribution in [3.05, 3.63) is 34.9 Å². The van der Waals surface area contributed by atoms with Crippen molar-refractivity contribution in [3.63, 3.8) is 0 Å². The number of benzene rings is 1. The van der Waals surface area contributed by atoms with Crippen molar-refractivity contribution in [2.45, 2.75) is 69.1 Å². The van der Waals surface area contributed by atoms with Gasteiger partial charge in [0, 0.05) is 18.4 Å². The summed E-state index contributed by atoms with van der Waals surface area (Å²) in [5.74, 6) is -3.61. The maximum absolute atomic E-state index is 13.5. The quantitative estimate of drug-likeness (QED) is 0.122. The first kappa shape index (κ1) is 24.6. The van der Waals surface area contributed by atoms with E-state index < -0.39 is 35.5 Å². The molecule has 0 saturated carbocycles. The van der Waals surface area contributed by atoms with Crippen LogP contribution in [0, 0.1) is 5.41 Å². The largest absolute Gasteiger partial charge is 0.370 e. The Morgan fingerprint density at radius 1 is 1.21 bits per heavy atom. The number of guanidine groups is 2. The minimum absolute atomic E-state index is 0.0292. The zero-order valence-electron chi connectivity index (χ0n) is 21.3. The van der Waals surface area contributed by atoms with Gasteiger partial charge in [0.05, 0.1) is 13.1 Å². The van der Waals surface area contributed by atoms with Crippen LogP contribution < -0.4 is 27.4 Å². The van der Waals surface area contributed by atoms with Crippen LogP contribution in [0.25, 0.3) is 0 Å². The summed E-state index contributed by atoms with van der Waals surface area (Å²) in [6.45, 7) is 4.17. The van der Waals surface area contributed by atoms with Crippen molar-refractivity contribution in [2.75, 3.05) is 13.1 Å². The van der Waals surface area contributed by atoms with E-state index in [2.05, 4.69) is 34.8 Å². The summed E-state index contributed by atoms with van der Waals surface area (Å²) in [5, 5.41) is 32.1. The molecule has 1 aromatic rings. The van der Waals surface area contributed by atoms with Gasteiger partial charge in [-0.1, -0.05) is 26.0 Å². The predicted molar refractivity (Wildman–Crippen MR) is 135 cm³/mol. The zero-order chi connectivity index (χ0) is 27.2. The molecule has 3 amide bonds. The average molecular weight is 526 g/mol. The Bertz CT molecular complexity index is 1320. The second-order valence-electron chi connectivity index (χ2n) is 11.7. The minimum Gasteiger partial charge on any atom is -0.370 e. The fraction of sp³-hybridized carbons (Fsp3) is 0.560. The number of likely N-dealkylation sites (tertiary alicyclic amines) is 1. The Kier molecular flexibility index (Phi) is 5.12. The number of hydrogen-bond acceptors (Lipinski definition) is 10. The number of fused-ring (bicyclic) bond motifs is 1. The van der Waals surface area contributed by atoms with Crippen molar-refractivity contribution >= 4 is 29.6 Å². The fourth-order valence-corrected chi connectivity index (χ4v) is 6.85. The molecule has 0 radical (unpaired) electrons. The smallest absolute Gasteiger partial charge is 0.346 e. The Morgan fingerprint density at radius 2 is 1.92 bits per heavy atom. The van der Waals surface area contributed by atoms with Crippen LogP contribution in [0.5, 0.6) is 0 Å². The number of rotatable bonds is 4. The summed E-state index contributed by atoms with van der Waals surface area (Å²) >= 11 is 0. The van der Waals surface area contributed by atoms with E-state index in [1.807, 2.05) is 12.1 Å². The lowest BCUT2D eigenvalue weighted by Crippen LogP contribution is -2.79. The first-order valence-corrected chi connectivity index (χ1v) is 12.8. The summed E-state index contributed by atoms with van der Waals surface area (Å²) in [4.78, 5) is 43.6. The van der Waals surface area contributed by atoms with E-state index in [0.717, 1.165) is 28.9 Å². The molecule has 1 spiro atoms. The Hall–Kier alpha value is -3.71. The molecule has 13 heteroatoms. The topological polar surface area (TPSA) is 198 Å². The molecular formula is C25H33N8O5+.